The summed E-state index contributed by atoms with van der Waals surface area (Å²) in [5.41, 5.74) is 2.28. The van der Waals surface area contributed by atoms with E-state index in [0.717, 1.165) is 24.8 Å². The monoisotopic (exact) mass is 210 g/mol. The first kappa shape index (κ1) is 12.3. The van der Waals surface area contributed by atoms with Gasteiger partial charge in [0.05, 0.1) is 0 Å². The van der Waals surface area contributed by atoms with E-state index in [0.29, 0.717) is 0 Å². The minimum Gasteiger partial charge on any atom is -0.459 e. The maximum Gasteiger partial charge on any atom is 0.334 e. The Labute approximate surface area is 92.7 Å². The largest absolute Gasteiger partial charge is 0.459 e. The minimum absolute atomic E-state index is 0.0735. The second-order valence-electron chi connectivity index (χ2n) is 4.31. The second-order valence-corrected chi connectivity index (χ2v) is 4.31. The van der Waals surface area contributed by atoms with Gasteiger partial charge < -0.3 is 4.74 Å². The second kappa shape index (κ2) is 5.94. The van der Waals surface area contributed by atoms with Crippen LogP contribution in [0.5, 0.6) is 0 Å². The molecule has 1 aliphatic rings. The molecule has 0 aromatic rings. The molecule has 0 aliphatic carbocycles. The summed E-state index contributed by atoms with van der Waals surface area (Å²) in [4.78, 5) is 11.6. The summed E-state index contributed by atoms with van der Waals surface area (Å²) in [7, 11) is 0. The average Bonchev–Trinajstić information content (AvgIpc) is 2.17. The smallest absolute Gasteiger partial charge is 0.334 e. The molecule has 0 spiro atoms. The number of esters is 1. The molecule has 2 heteroatoms. The van der Waals surface area contributed by atoms with Gasteiger partial charge in [-0.2, -0.15) is 0 Å². The van der Waals surface area contributed by atoms with Gasteiger partial charge in [0.2, 0.25) is 0 Å². The van der Waals surface area contributed by atoms with E-state index in [-0.39, 0.29) is 12.1 Å². The van der Waals surface area contributed by atoms with E-state index < -0.39 is 0 Å². The molecule has 1 rings (SSSR count). The van der Waals surface area contributed by atoms with E-state index in [4.69, 9.17) is 4.74 Å². The molecular formula is C13H22O2. The van der Waals surface area contributed by atoms with Gasteiger partial charge in [0.1, 0.15) is 6.10 Å². The highest BCUT2D eigenvalue weighted by atomic mass is 16.5. The molecule has 0 fully saturated rings. The number of unbranched alkanes of at least 4 members (excludes halogenated alkanes) is 2. The molecule has 0 radical (unpaired) electrons. The SMILES string of the molecule is CCCCCC1=C(CC)C(=O)OC(C)C1. The molecule has 1 heterocycles. The Hall–Kier alpha value is -0.790. The van der Waals surface area contributed by atoms with Crippen molar-refractivity contribution >= 4 is 5.97 Å². The van der Waals surface area contributed by atoms with Crippen molar-refractivity contribution in [3.63, 3.8) is 0 Å². The zero-order valence-electron chi connectivity index (χ0n) is 10.1. The van der Waals surface area contributed by atoms with Crippen LogP contribution in [0.15, 0.2) is 11.1 Å². The van der Waals surface area contributed by atoms with E-state index in [1.807, 2.05) is 13.8 Å². The summed E-state index contributed by atoms with van der Waals surface area (Å²) >= 11 is 0. The molecule has 15 heavy (non-hydrogen) atoms. The fraction of sp³-hybridized carbons (Fsp3) is 0.769. The van der Waals surface area contributed by atoms with Crippen LogP contribution in [-0.2, 0) is 9.53 Å². The zero-order valence-corrected chi connectivity index (χ0v) is 10.1. The third-order valence-electron chi connectivity index (χ3n) is 2.95. The topological polar surface area (TPSA) is 26.3 Å². The third-order valence-corrected chi connectivity index (χ3v) is 2.95. The van der Waals surface area contributed by atoms with Gasteiger partial charge in [-0.1, -0.05) is 32.3 Å². The maximum absolute atomic E-state index is 11.6. The van der Waals surface area contributed by atoms with Crippen molar-refractivity contribution in [3.8, 4) is 0 Å². The van der Waals surface area contributed by atoms with E-state index in [1.165, 1.54) is 24.8 Å². The fourth-order valence-corrected chi connectivity index (χ4v) is 2.15. The molecule has 86 valence electrons. The summed E-state index contributed by atoms with van der Waals surface area (Å²) in [6, 6.07) is 0. The predicted molar refractivity (Wildman–Crippen MR) is 61.6 cm³/mol. The predicted octanol–water partition coefficient (Wildman–Crippen LogP) is 3.61. The van der Waals surface area contributed by atoms with Crippen LogP contribution < -0.4 is 0 Å². The Morgan fingerprint density at radius 1 is 1.33 bits per heavy atom. The van der Waals surface area contributed by atoms with E-state index in [9.17, 15) is 4.79 Å². The van der Waals surface area contributed by atoms with Crippen LogP contribution in [0.1, 0.15) is 59.3 Å². The summed E-state index contributed by atoms with van der Waals surface area (Å²) in [6.07, 6.45) is 6.60. The van der Waals surface area contributed by atoms with Gasteiger partial charge in [0, 0.05) is 12.0 Å². The maximum atomic E-state index is 11.6. The molecule has 0 bridgehead atoms. The molecule has 0 saturated carbocycles. The van der Waals surface area contributed by atoms with Crippen LogP contribution in [-0.4, -0.2) is 12.1 Å². The van der Waals surface area contributed by atoms with Crippen LogP contribution in [0.25, 0.3) is 0 Å². The van der Waals surface area contributed by atoms with E-state index in [2.05, 4.69) is 6.92 Å². The number of hydrogen-bond acceptors (Lipinski definition) is 2. The number of carbonyl (C=O) groups is 1. The van der Waals surface area contributed by atoms with Gasteiger partial charge in [-0.05, 0) is 26.2 Å². The molecule has 1 aliphatic heterocycles. The van der Waals surface area contributed by atoms with Crippen molar-refractivity contribution in [2.24, 2.45) is 0 Å². The molecule has 1 unspecified atom stereocenters. The molecule has 1 atom stereocenters. The van der Waals surface area contributed by atoms with Crippen molar-refractivity contribution in [1.29, 1.82) is 0 Å². The van der Waals surface area contributed by atoms with Crippen LogP contribution in [0.3, 0.4) is 0 Å². The molecule has 0 aromatic heterocycles. The lowest BCUT2D eigenvalue weighted by atomic mass is 9.93. The highest BCUT2D eigenvalue weighted by molar-refractivity contribution is 5.90. The highest BCUT2D eigenvalue weighted by Gasteiger charge is 2.24. The zero-order chi connectivity index (χ0) is 11.3. The number of carbonyl (C=O) groups excluding carboxylic acids is 1. The number of cyclic esters (lactones) is 1. The Kier molecular flexibility index (Phi) is 4.86. The van der Waals surface area contributed by atoms with Gasteiger partial charge in [-0.3, -0.25) is 0 Å². The van der Waals surface area contributed by atoms with Gasteiger partial charge in [0.15, 0.2) is 0 Å². The first-order valence-corrected chi connectivity index (χ1v) is 6.10. The van der Waals surface area contributed by atoms with Crippen molar-refractivity contribution in [3.05, 3.63) is 11.1 Å². The summed E-state index contributed by atoms with van der Waals surface area (Å²) < 4.78 is 5.23. The van der Waals surface area contributed by atoms with Gasteiger partial charge in [-0.25, -0.2) is 4.79 Å². The van der Waals surface area contributed by atoms with Crippen molar-refractivity contribution in [1.82, 2.24) is 0 Å². The fourth-order valence-electron chi connectivity index (χ4n) is 2.15. The first-order chi connectivity index (χ1) is 7.19. The lowest BCUT2D eigenvalue weighted by Crippen LogP contribution is -2.24. The van der Waals surface area contributed by atoms with E-state index >= 15 is 0 Å². The number of hydrogen-bond donors (Lipinski definition) is 0. The number of ether oxygens (including phenoxy) is 1. The van der Waals surface area contributed by atoms with Gasteiger partial charge in [-0.15, -0.1) is 0 Å². The molecule has 0 amide bonds. The Balaban J connectivity index is 2.65. The summed E-state index contributed by atoms with van der Waals surface area (Å²) in [5, 5.41) is 0. The Bertz CT molecular complexity index is 253. The molecule has 0 N–H and O–H groups in total. The molecular weight excluding hydrogens is 188 g/mol. The average molecular weight is 210 g/mol. The Morgan fingerprint density at radius 3 is 2.67 bits per heavy atom. The van der Waals surface area contributed by atoms with Gasteiger partial charge >= 0.3 is 5.97 Å². The highest BCUT2D eigenvalue weighted by Crippen LogP contribution is 2.27. The van der Waals surface area contributed by atoms with Crippen LogP contribution in [0.4, 0.5) is 0 Å². The quantitative estimate of drug-likeness (QED) is 0.512. The normalized spacial score (nSPS) is 21.8. The first-order valence-electron chi connectivity index (χ1n) is 6.10. The summed E-state index contributed by atoms with van der Waals surface area (Å²) in [6.45, 7) is 6.21. The number of rotatable bonds is 5. The van der Waals surface area contributed by atoms with Gasteiger partial charge in [0.25, 0.3) is 0 Å². The molecule has 0 saturated heterocycles. The minimum atomic E-state index is -0.0808. The standard InChI is InChI=1S/C13H22O2/c1-4-6-7-8-11-9-10(3)15-13(14)12(11)5-2/h10H,4-9H2,1-3H3. The van der Waals surface area contributed by atoms with E-state index in [1.54, 1.807) is 0 Å². The lowest BCUT2D eigenvalue weighted by molar-refractivity contribution is -0.145. The van der Waals surface area contributed by atoms with Crippen LogP contribution in [0.2, 0.25) is 0 Å². The molecule has 0 aromatic carbocycles. The summed E-state index contributed by atoms with van der Waals surface area (Å²) in [5.74, 6) is -0.0808. The van der Waals surface area contributed by atoms with Crippen LogP contribution in [0, 0.1) is 0 Å². The van der Waals surface area contributed by atoms with Crippen molar-refractivity contribution < 1.29 is 9.53 Å². The third kappa shape index (κ3) is 3.37. The van der Waals surface area contributed by atoms with Crippen LogP contribution >= 0.6 is 0 Å². The molecule has 2 nitrogen and oxygen atoms in total. The van der Waals surface area contributed by atoms with Crippen molar-refractivity contribution in [2.75, 3.05) is 0 Å². The van der Waals surface area contributed by atoms with Crippen molar-refractivity contribution in [2.45, 2.75) is 65.4 Å². The Morgan fingerprint density at radius 2 is 2.07 bits per heavy atom. The lowest BCUT2D eigenvalue weighted by Gasteiger charge is -2.24.